The number of carbonyl (C=O) groups is 2. The van der Waals surface area contributed by atoms with Gasteiger partial charge in [0.1, 0.15) is 12.4 Å². The Balaban J connectivity index is 1.54. The van der Waals surface area contributed by atoms with Gasteiger partial charge in [0.05, 0.1) is 19.6 Å². The minimum Gasteiger partial charge on any atom is -0.497 e. The molecule has 2 fully saturated rings. The van der Waals surface area contributed by atoms with Crippen LogP contribution in [0.5, 0.6) is 5.75 Å². The van der Waals surface area contributed by atoms with E-state index in [2.05, 4.69) is 5.92 Å². The van der Waals surface area contributed by atoms with Crippen LogP contribution in [0.4, 0.5) is 5.69 Å². The van der Waals surface area contributed by atoms with Crippen LogP contribution >= 0.6 is 0 Å². The van der Waals surface area contributed by atoms with Crippen molar-refractivity contribution in [2.75, 3.05) is 44.9 Å². The second-order valence-corrected chi connectivity index (χ2v) is 7.09. The van der Waals surface area contributed by atoms with Crippen molar-refractivity contribution in [1.29, 1.82) is 0 Å². The first-order valence-electron chi connectivity index (χ1n) is 9.36. The number of anilines is 1. The molecule has 3 rings (SSSR count). The third kappa shape index (κ3) is 4.61. The van der Waals surface area contributed by atoms with Crippen LogP contribution in [-0.4, -0.2) is 56.7 Å². The van der Waals surface area contributed by atoms with E-state index in [1.807, 2.05) is 29.2 Å². The van der Waals surface area contributed by atoms with Crippen molar-refractivity contribution < 1.29 is 19.1 Å². The average Bonchev–Trinajstić information content (AvgIpc) is 3.10. The van der Waals surface area contributed by atoms with Gasteiger partial charge in [0.2, 0.25) is 11.8 Å². The summed E-state index contributed by atoms with van der Waals surface area (Å²) in [6, 6.07) is 7.38. The lowest BCUT2D eigenvalue weighted by molar-refractivity contribution is -0.137. The van der Waals surface area contributed by atoms with Gasteiger partial charge in [0.25, 0.3) is 0 Å². The molecule has 2 heterocycles. The highest BCUT2D eigenvalue weighted by Crippen LogP contribution is 2.29. The summed E-state index contributed by atoms with van der Waals surface area (Å²) in [7, 11) is 1.60. The molecular formula is C21H26N2O4. The van der Waals surface area contributed by atoms with Gasteiger partial charge in [-0.2, -0.15) is 0 Å². The molecular weight excluding hydrogens is 344 g/mol. The van der Waals surface area contributed by atoms with E-state index in [4.69, 9.17) is 15.9 Å². The topological polar surface area (TPSA) is 59.1 Å². The van der Waals surface area contributed by atoms with Gasteiger partial charge >= 0.3 is 0 Å². The second-order valence-electron chi connectivity index (χ2n) is 7.09. The number of hydrogen-bond donors (Lipinski definition) is 0. The number of piperidine rings is 1. The SMILES string of the molecule is C#CCOCC1CCN(C(=O)C2CC(=O)N(c3cccc(OC)c3)C2)CC1. The molecule has 144 valence electrons. The van der Waals surface area contributed by atoms with Crippen molar-refractivity contribution >= 4 is 17.5 Å². The fraction of sp³-hybridized carbons (Fsp3) is 0.524. The van der Waals surface area contributed by atoms with Crippen LogP contribution in [0.25, 0.3) is 0 Å². The zero-order chi connectivity index (χ0) is 19.2. The normalized spacial score (nSPS) is 20.6. The highest BCUT2D eigenvalue weighted by Gasteiger charge is 2.38. The number of ether oxygens (including phenoxy) is 2. The molecule has 2 saturated heterocycles. The zero-order valence-electron chi connectivity index (χ0n) is 15.7. The second kappa shape index (κ2) is 8.92. The summed E-state index contributed by atoms with van der Waals surface area (Å²) in [6.07, 6.45) is 7.28. The van der Waals surface area contributed by atoms with E-state index in [0.717, 1.165) is 18.5 Å². The number of benzene rings is 1. The van der Waals surface area contributed by atoms with Crippen LogP contribution in [0.2, 0.25) is 0 Å². The maximum absolute atomic E-state index is 12.9. The predicted molar refractivity (Wildman–Crippen MR) is 102 cm³/mol. The van der Waals surface area contributed by atoms with E-state index in [1.165, 1.54) is 0 Å². The molecule has 27 heavy (non-hydrogen) atoms. The number of terminal acetylenes is 1. The molecule has 0 aromatic heterocycles. The van der Waals surface area contributed by atoms with Gasteiger partial charge in [0.15, 0.2) is 0 Å². The summed E-state index contributed by atoms with van der Waals surface area (Å²) in [4.78, 5) is 28.9. The number of carbonyl (C=O) groups excluding carboxylic acids is 2. The Labute approximate surface area is 160 Å². The Hall–Kier alpha value is -2.52. The quantitative estimate of drug-likeness (QED) is 0.567. The van der Waals surface area contributed by atoms with Crippen molar-refractivity contribution in [3.63, 3.8) is 0 Å². The molecule has 1 aromatic carbocycles. The maximum atomic E-state index is 12.9. The van der Waals surface area contributed by atoms with Gasteiger partial charge in [-0.15, -0.1) is 6.42 Å². The van der Waals surface area contributed by atoms with E-state index >= 15 is 0 Å². The summed E-state index contributed by atoms with van der Waals surface area (Å²) < 4.78 is 10.6. The summed E-state index contributed by atoms with van der Waals surface area (Å²) in [5.41, 5.74) is 0.777. The number of hydrogen-bond acceptors (Lipinski definition) is 4. The lowest BCUT2D eigenvalue weighted by Crippen LogP contribution is -2.43. The summed E-state index contributed by atoms with van der Waals surface area (Å²) in [5, 5.41) is 0. The van der Waals surface area contributed by atoms with E-state index in [-0.39, 0.29) is 24.2 Å². The molecule has 0 bridgehead atoms. The van der Waals surface area contributed by atoms with Gasteiger partial charge in [-0.3, -0.25) is 9.59 Å². The Morgan fingerprint density at radius 1 is 1.33 bits per heavy atom. The fourth-order valence-electron chi connectivity index (χ4n) is 3.76. The number of nitrogens with zero attached hydrogens (tertiary/aromatic N) is 2. The minimum atomic E-state index is -0.280. The smallest absolute Gasteiger partial charge is 0.228 e. The number of likely N-dealkylation sites (tertiary alicyclic amines) is 1. The monoisotopic (exact) mass is 370 g/mol. The molecule has 2 aliphatic rings. The largest absolute Gasteiger partial charge is 0.497 e. The molecule has 0 radical (unpaired) electrons. The van der Waals surface area contributed by atoms with Crippen molar-refractivity contribution in [3.05, 3.63) is 24.3 Å². The molecule has 0 spiro atoms. The van der Waals surface area contributed by atoms with Gasteiger partial charge in [-0.1, -0.05) is 12.0 Å². The van der Waals surface area contributed by atoms with Gasteiger partial charge in [-0.05, 0) is 30.9 Å². The summed E-state index contributed by atoms with van der Waals surface area (Å²) in [5.74, 6) is 3.40. The zero-order valence-corrected chi connectivity index (χ0v) is 15.7. The molecule has 0 N–H and O–H groups in total. The predicted octanol–water partition coefficient (Wildman–Crippen LogP) is 1.94. The molecule has 6 heteroatoms. The fourth-order valence-corrected chi connectivity index (χ4v) is 3.76. The van der Waals surface area contributed by atoms with Gasteiger partial charge < -0.3 is 19.3 Å². The average molecular weight is 370 g/mol. The minimum absolute atomic E-state index is 0.0147. The van der Waals surface area contributed by atoms with E-state index in [9.17, 15) is 9.59 Å². The molecule has 6 nitrogen and oxygen atoms in total. The van der Waals surface area contributed by atoms with Crippen LogP contribution in [0.15, 0.2) is 24.3 Å². The summed E-state index contributed by atoms with van der Waals surface area (Å²) in [6.45, 7) is 2.84. The lowest BCUT2D eigenvalue weighted by Gasteiger charge is -2.33. The van der Waals surface area contributed by atoms with Crippen LogP contribution in [0.3, 0.4) is 0 Å². The Morgan fingerprint density at radius 2 is 2.11 bits per heavy atom. The van der Waals surface area contributed by atoms with Crippen LogP contribution in [-0.2, 0) is 14.3 Å². The number of rotatable bonds is 6. The Kier molecular flexibility index (Phi) is 6.36. The molecule has 2 amide bonds. The van der Waals surface area contributed by atoms with Crippen molar-refractivity contribution in [2.45, 2.75) is 19.3 Å². The van der Waals surface area contributed by atoms with Gasteiger partial charge in [0, 0.05) is 37.8 Å². The standard InChI is InChI=1S/C21H26N2O4/c1-3-11-27-15-16-7-9-22(10-8-16)21(25)17-12-20(24)23(14-17)18-5-4-6-19(13-18)26-2/h1,4-6,13,16-17H,7-12,14-15H2,2H3. The van der Waals surface area contributed by atoms with Crippen molar-refractivity contribution in [3.8, 4) is 18.1 Å². The van der Waals surface area contributed by atoms with Crippen LogP contribution in [0, 0.1) is 24.2 Å². The number of amides is 2. The third-order valence-corrected chi connectivity index (χ3v) is 5.30. The maximum Gasteiger partial charge on any atom is 0.228 e. The van der Waals surface area contributed by atoms with Crippen molar-refractivity contribution in [2.24, 2.45) is 11.8 Å². The van der Waals surface area contributed by atoms with Crippen LogP contribution < -0.4 is 9.64 Å². The first-order valence-corrected chi connectivity index (χ1v) is 9.36. The highest BCUT2D eigenvalue weighted by molar-refractivity contribution is 6.00. The number of methoxy groups -OCH3 is 1. The summed E-state index contributed by atoms with van der Waals surface area (Å²) >= 11 is 0. The molecule has 2 aliphatic heterocycles. The molecule has 1 unspecified atom stereocenters. The lowest BCUT2D eigenvalue weighted by atomic mass is 9.96. The van der Waals surface area contributed by atoms with Gasteiger partial charge in [-0.25, -0.2) is 0 Å². The van der Waals surface area contributed by atoms with E-state index in [1.54, 1.807) is 12.0 Å². The third-order valence-electron chi connectivity index (χ3n) is 5.30. The first-order chi connectivity index (χ1) is 13.1. The van der Waals surface area contributed by atoms with Crippen molar-refractivity contribution in [1.82, 2.24) is 4.90 Å². The molecule has 0 saturated carbocycles. The van der Waals surface area contributed by atoms with Crippen LogP contribution in [0.1, 0.15) is 19.3 Å². The Morgan fingerprint density at radius 3 is 2.81 bits per heavy atom. The highest BCUT2D eigenvalue weighted by atomic mass is 16.5. The first kappa shape index (κ1) is 19.2. The van der Waals surface area contributed by atoms with E-state index < -0.39 is 0 Å². The molecule has 0 aliphatic carbocycles. The Bertz CT molecular complexity index is 719. The van der Waals surface area contributed by atoms with E-state index in [0.29, 0.717) is 44.5 Å². The molecule has 1 aromatic rings. The molecule has 1 atom stereocenters.